The molecule has 1 aromatic rings. The fourth-order valence-electron chi connectivity index (χ4n) is 0.992. The van der Waals surface area contributed by atoms with Crippen LogP contribution in [0.15, 0.2) is 29.2 Å². The lowest BCUT2D eigenvalue weighted by Crippen LogP contribution is -2.23. The molecule has 0 spiro atoms. The minimum absolute atomic E-state index is 0.279. The largest absolute Gasteiger partial charge is 0.545 e. The molecule has 3 heteroatoms. The number of thioether (sulfide) groups is 1. The number of carboxylic acid groups (broad SMARTS) is 1. The second-order valence-electron chi connectivity index (χ2n) is 2.95. The van der Waals surface area contributed by atoms with Crippen molar-refractivity contribution in [2.75, 3.05) is 0 Å². The second kappa shape index (κ2) is 4.33. The van der Waals surface area contributed by atoms with Crippen molar-refractivity contribution >= 4 is 17.7 Å². The molecule has 0 saturated heterocycles. The fourth-order valence-corrected chi connectivity index (χ4v) is 1.94. The van der Waals surface area contributed by atoms with Gasteiger partial charge in [0.05, 0.1) is 5.97 Å². The number of carbonyl (C=O) groups is 1. The summed E-state index contributed by atoms with van der Waals surface area (Å²) in [7, 11) is 0. The second-order valence-corrected chi connectivity index (χ2v) is 4.57. The van der Waals surface area contributed by atoms with E-state index in [9.17, 15) is 9.90 Å². The highest BCUT2D eigenvalue weighted by atomic mass is 32.2. The minimum atomic E-state index is -1.11. The number of aromatic carboxylic acids is 1. The average Bonchev–Trinajstić information content (AvgIpc) is 2.03. The number of rotatable bonds is 3. The van der Waals surface area contributed by atoms with E-state index in [4.69, 9.17) is 0 Å². The van der Waals surface area contributed by atoms with Gasteiger partial charge in [-0.2, -0.15) is 0 Å². The van der Waals surface area contributed by atoms with E-state index in [1.807, 2.05) is 19.9 Å². The Bertz CT molecular complexity index is 308. The van der Waals surface area contributed by atoms with Gasteiger partial charge in [-0.1, -0.05) is 32.0 Å². The van der Waals surface area contributed by atoms with Gasteiger partial charge in [0.25, 0.3) is 0 Å². The Morgan fingerprint density at radius 3 is 2.54 bits per heavy atom. The maximum absolute atomic E-state index is 10.7. The van der Waals surface area contributed by atoms with Crippen LogP contribution in [0.4, 0.5) is 0 Å². The van der Waals surface area contributed by atoms with Gasteiger partial charge in [-0.15, -0.1) is 11.8 Å². The van der Waals surface area contributed by atoms with E-state index in [2.05, 4.69) is 0 Å². The quantitative estimate of drug-likeness (QED) is 0.687. The highest BCUT2D eigenvalue weighted by Crippen LogP contribution is 2.25. The molecule has 0 heterocycles. The molecular weight excluding hydrogens is 184 g/mol. The van der Waals surface area contributed by atoms with Crippen molar-refractivity contribution in [3.8, 4) is 0 Å². The zero-order valence-electron chi connectivity index (χ0n) is 7.61. The molecule has 0 amide bonds. The van der Waals surface area contributed by atoms with Gasteiger partial charge in [0.15, 0.2) is 0 Å². The summed E-state index contributed by atoms with van der Waals surface area (Å²) in [5.41, 5.74) is 0.279. The third kappa shape index (κ3) is 2.77. The zero-order chi connectivity index (χ0) is 9.84. The summed E-state index contributed by atoms with van der Waals surface area (Å²) in [6, 6.07) is 6.91. The number of benzene rings is 1. The number of hydrogen-bond acceptors (Lipinski definition) is 3. The monoisotopic (exact) mass is 195 g/mol. The third-order valence-corrected chi connectivity index (χ3v) is 2.55. The van der Waals surface area contributed by atoms with Crippen molar-refractivity contribution in [2.24, 2.45) is 0 Å². The highest BCUT2D eigenvalue weighted by Gasteiger charge is 2.04. The summed E-state index contributed by atoms with van der Waals surface area (Å²) in [6.45, 7) is 4.05. The first-order chi connectivity index (χ1) is 6.11. The van der Waals surface area contributed by atoms with E-state index >= 15 is 0 Å². The van der Waals surface area contributed by atoms with Gasteiger partial charge < -0.3 is 9.90 Å². The van der Waals surface area contributed by atoms with Crippen LogP contribution >= 0.6 is 11.8 Å². The van der Waals surface area contributed by atoms with Gasteiger partial charge in [0.1, 0.15) is 0 Å². The maximum atomic E-state index is 10.7. The first-order valence-corrected chi connectivity index (χ1v) is 4.96. The predicted octanol–water partition coefficient (Wildman–Crippen LogP) is 1.55. The van der Waals surface area contributed by atoms with E-state index in [-0.39, 0.29) is 5.56 Å². The summed E-state index contributed by atoms with van der Waals surface area (Å²) in [5, 5.41) is 11.1. The minimum Gasteiger partial charge on any atom is -0.545 e. The molecule has 1 aromatic carbocycles. The van der Waals surface area contributed by atoms with Crippen LogP contribution in [0.25, 0.3) is 0 Å². The van der Waals surface area contributed by atoms with E-state index in [1.54, 1.807) is 18.2 Å². The topological polar surface area (TPSA) is 40.1 Å². The Morgan fingerprint density at radius 2 is 2.00 bits per heavy atom. The van der Waals surface area contributed by atoms with Gasteiger partial charge in [-0.3, -0.25) is 0 Å². The average molecular weight is 195 g/mol. The van der Waals surface area contributed by atoms with Crippen LogP contribution in [0, 0.1) is 0 Å². The Hall–Kier alpha value is -0.960. The lowest BCUT2D eigenvalue weighted by Gasteiger charge is -2.11. The molecule has 0 aromatic heterocycles. The molecule has 70 valence electrons. The van der Waals surface area contributed by atoms with Crippen LogP contribution in [-0.2, 0) is 0 Å². The molecule has 0 bridgehead atoms. The summed E-state index contributed by atoms with van der Waals surface area (Å²) >= 11 is 1.53. The van der Waals surface area contributed by atoms with Crippen molar-refractivity contribution < 1.29 is 9.90 Å². The number of hydrogen-bond donors (Lipinski definition) is 0. The number of carbonyl (C=O) groups excluding carboxylic acids is 1. The summed E-state index contributed by atoms with van der Waals surface area (Å²) in [4.78, 5) is 11.5. The molecule has 0 saturated carbocycles. The van der Waals surface area contributed by atoms with Crippen molar-refractivity contribution in [1.82, 2.24) is 0 Å². The maximum Gasteiger partial charge on any atom is 0.0726 e. The van der Waals surface area contributed by atoms with Gasteiger partial charge in [0, 0.05) is 15.7 Å². The zero-order valence-corrected chi connectivity index (χ0v) is 8.43. The Morgan fingerprint density at radius 1 is 1.38 bits per heavy atom. The van der Waals surface area contributed by atoms with Crippen LogP contribution in [0.1, 0.15) is 24.2 Å². The fraction of sp³-hybridized carbons (Fsp3) is 0.300. The van der Waals surface area contributed by atoms with Crippen molar-refractivity contribution in [2.45, 2.75) is 24.0 Å². The van der Waals surface area contributed by atoms with Gasteiger partial charge >= 0.3 is 0 Å². The molecule has 0 aliphatic heterocycles. The molecule has 0 unspecified atom stereocenters. The molecule has 0 atom stereocenters. The first-order valence-electron chi connectivity index (χ1n) is 4.08. The Labute approximate surface area is 82.0 Å². The molecular formula is C10H11O2S-. The van der Waals surface area contributed by atoms with Crippen LogP contribution in [0.3, 0.4) is 0 Å². The lowest BCUT2D eigenvalue weighted by molar-refractivity contribution is -0.255. The third-order valence-electron chi connectivity index (χ3n) is 1.47. The molecule has 13 heavy (non-hydrogen) atoms. The van der Waals surface area contributed by atoms with Crippen molar-refractivity contribution in [3.05, 3.63) is 29.8 Å². The van der Waals surface area contributed by atoms with Crippen LogP contribution in [0.2, 0.25) is 0 Å². The molecule has 2 nitrogen and oxygen atoms in total. The van der Waals surface area contributed by atoms with Crippen LogP contribution < -0.4 is 5.11 Å². The summed E-state index contributed by atoms with van der Waals surface area (Å²) < 4.78 is 0. The molecule has 0 fully saturated rings. The molecule has 1 rings (SSSR count). The SMILES string of the molecule is CC(C)Sc1ccccc1C(=O)[O-]. The van der Waals surface area contributed by atoms with Crippen molar-refractivity contribution in [1.29, 1.82) is 0 Å². The van der Waals surface area contributed by atoms with E-state index in [0.29, 0.717) is 5.25 Å². The summed E-state index contributed by atoms with van der Waals surface area (Å²) in [5.74, 6) is -1.11. The van der Waals surface area contributed by atoms with Gasteiger partial charge in [-0.25, -0.2) is 0 Å². The standard InChI is InChI=1S/C10H12O2S/c1-7(2)13-9-6-4-3-5-8(9)10(11)12/h3-7H,1-2H3,(H,11,12)/p-1. The van der Waals surface area contributed by atoms with Crippen LogP contribution in [0.5, 0.6) is 0 Å². The Kier molecular flexibility index (Phi) is 3.37. The van der Waals surface area contributed by atoms with Gasteiger partial charge in [0.2, 0.25) is 0 Å². The van der Waals surface area contributed by atoms with E-state index in [0.717, 1.165) is 4.90 Å². The number of carboxylic acids is 1. The molecule has 0 aliphatic rings. The molecule has 0 radical (unpaired) electrons. The molecule has 0 aliphatic carbocycles. The van der Waals surface area contributed by atoms with E-state index < -0.39 is 5.97 Å². The van der Waals surface area contributed by atoms with Gasteiger partial charge in [-0.05, 0) is 6.07 Å². The highest BCUT2D eigenvalue weighted by molar-refractivity contribution is 8.00. The first kappa shape index (κ1) is 10.1. The Balaban J connectivity index is 2.98. The normalized spacial score (nSPS) is 10.4. The smallest absolute Gasteiger partial charge is 0.0726 e. The van der Waals surface area contributed by atoms with Crippen molar-refractivity contribution in [3.63, 3.8) is 0 Å². The molecule has 0 N–H and O–H groups in total. The van der Waals surface area contributed by atoms with Crippen LogP contribution in [-0.4, -0.2) is 11.2 Å². The predicted molar refractivity (Wildman–Crippen MR) is 51.8 cm³/mol. The summed E-state index contributed by atoms with van der Waals surface area (Å²) in [6.07, 6.45) is 0. The van der Waals surface area contributed by atoms with E-state index in [1.165, 1.54) is 11.8 Å². The lowest BCUT2D eigenvalue weighted by atomic mass is 10.2.